The maximum atomic E-state index is 12.3. The smallest absolute Gasteiger partial charge is 0.255 e. The number of aryl methyl sites for hydroxylation is 2. The summed E-state index contributed by atoms with van der Waals surface area (Å²) in [6.07, 6.45) is 0. The van der Waals surface area contributed by atoms with Crippen LogP contribution in [0.25, 0.3) is 0 Å². The fourth-order valence-corrected chi connectivity index (χ4v) is 2.45. The molecule has 2 aromatic rings. The molecule has 0 bridgehead atoms. The zero-order chi connectivity index (χ0) is 14.7. The van der Waals surface area contributed by atoms with Crippen molar-refractivity contribution in [2.75, 3.05) is 5.32 Å². The summed E-state index contributed by atoms with van der Waals surface area (Å²) in [7, 11) is 0. The standard InChI is InChI=1S/C17H18ClNO/c1-11-8-12(2)10-14(9-11)17(20)19-16-7-5-4-6-15(16)13(3)18/h4-10,13H,1-3H3,(H,19,20). The zero-order valence-electron chi connectivity index (χ0n) is 11.9. The molecule has 0 saturated heterocycles. The number of halogens is 1. The second kappa shape index (κ2) is 6.10. The molecule has 104 valence electrons. The van der Waals surface area contributed by atoms with E-state index in [4.69, 9.17) is 11.6 Å². The highest BCUT2D eigenvalue weighted by Crippen LogP contribution is 2.27. The van der Waals surface area contributed by atoms with Crippen molar-refractivity contribution in [3.05, 3.63) is 64.7 Å². The van der Waals surface area contributed by atoms with Gasteiger partial charge in [0, 0.05) is 11.3 Å². The number of hydrogen-bond acceptors (Lipinski definition) is 1. The van der Waals surface area contributed by atoms with Crippen molar-refractivity contribution in [1.29, 1.82) is 0 Å². The Kier molecular flexibility index (Phi) is 4.46. The van der Waals surface area contributed by atoms with Gasteiger partial charge in [-0.15, -0.1) is 11.6 Å². The van der Waals surface area contributed by atoms with Gasteiger partial charge in [-0.3, -0.25) is 4.79 Å². The average molecular weight is 288 g/mol. The maximum absolute atomic E-state index is 12.3. The first-order valence-corrected chi connectivity index (χ1v) is 7.03. The highest BCUT2D eigenvalue weighted by atomic mass is 35.5. The van der Waals surface area contributed by atoms with E-state index < -0.39 is 0 Å². The van der Waals surface area contributed by atoms with Crippen LogP contribution in [-0.4, -0.2) is 5.91 Å². The Morgan fingerprint density at radius 1 is 1.10 bits per heavy atom. The van der Waals surface area contributed by atoms with Crippen LogP contribution < -0.4 is 5.32 Å². The molecule has 2 rings (SSSR count). The van der Waals surface area contributed by atoms with E-state index in [2.05, 4.69) is 5.32 Å². The number of anilines is 1. The van der Waals surface area contributed by atoms with Gasteiger partial charge in [0.25, 0.3) is 5.91 Å². The summed E-state index contributed by atoms with van der Waals surface area (Å²) in [5.74, 6) is -0.110. The third-order valence-corrected chi connectivity index (χ3v) is 3.36. The van der Waals surface area contributed by atoms with Crippen LogP contribution in [0, 0.1) is 13.8 Å². The molecule has 2 aromatic carbocycles. The third kappa shape index (κ3) is 3.40. The molecule has 1 atom stereocenters. The highest BCUT2D eigenvalue weighted by molar-refractivity contribution is 6.21. The Balaban J connectivity index is 2.28. The van der Waals surface area contributed by atoms with Crippen LogP contribution in [0.4, 0.5) is 5.69 Å². The molecule has 1 unspecified atom stereocenters. The van der Waals surface area contributed by atoms with E-state index in [1.165, 1.54) is 0 Å². The first kappa shape index (κ1) is 14.6. The van der Waals surface area contributed by atoms with Gasteiger partial charge in [-0.2, -0.15) is 0 Å². The Bertz CT molecular complexity index is 614. The van der Waals surface area contributed by atoms with Gasteiger partial charge >= 0.3 is 0 Å². The molecule has 0 radical (unpaired) electrons. The second-order valence-corrected chi connectivity index (χ2v) is 5.69. The van der Waals surface area contributed by atoms with Crippen molar-refractivity contribution in [2.24, 2.45) is 0 Å². The Morgan fingerprint density at radius 2 is 1.70 bits per heavy atom. The van der Waals surface area contributed by atoms with Crippen molar-refractivity contribution in [2.45, 2.75) is 26.1 Å². The van der Waals surface area contributed by atoms with Crippen LogP contribution in [-0.2, 0) is 0 Å². The molecule has 0 saturated carbocycles. The molecule has 0 heterocycles. The van der Waals surface area contributed by atoms with Gasteiger partial charge in [0.1, 0.15) is 0 Å². The average Bonchev–Trinajstić information content (AvgIpc) is 2.37. The van der Waals surface area contributed by atoms with Crippen molar-refractivity contribution in [3.63, 3.8) is 0 Å². The number of alkyl halides is 1. The molecule has 0 aromatic heterocycles. The van der Waals surface area contributed by atoms with Crippen LogP contribution in [0.3, 0.4) is 0 Å². The van der Waals surface area contributed by atoms with E-state index in [1.807, 2.05) is 63.2 Å². The minimum absolute atomic E-state index is 0.110. The second-order valence-electron chi connectivity index (χ2n) is 5.03. The monoisotopic (exact) mass is 287 g/mol. The van der Waals surface area contributed by atoms with Crippen molar-refractivity contribution in [1.82, 2.24) is 0 Å². The summed E-state index contributed by atoms with van der Waals surface area (Å²) in [6, 6.07) is 13.4. The van der Waals surface area contributed by atoms with Gasteiger partial charge in [-0.25, -0.2) is 0 Å². The largest absolute Gasteiger partial charge is 0.322 e. The van der Waals surface area contributed by atoms with E-state index >= 15 is 0 Å². The van der Waals surface area contributed by atoms with E-state index in [0.717, 1.165) is 22.4 Å². The molecular formula is C17H18ClNO. The van der Waals surface area contributed by atoms with Gasteiger partial charge in [-0.05, 0) is 44.5 Å². The van der Waals surface area contributed by atoms with E-state index in [0.29, 0.717) is 5.56 Å². The predicted octanol–water partition coefficient (Wildman–Crippen LogP) is 4.86. The van der Waals surface area contributed by atoms with Crippen LogP contribution in [0.15, 0.2) is 42.5 Å². The number of hydrogen-bond donors (Lipinski definition) is 1. The maximum Gasteiger partial charge on any atom is 0.255 e. The normalized spacial score (nSPS) is 12.0. The quantitative estimate of drug-likeness (QED) is 0.803. The number of amides is 1. The zero-order valence-corrected chi connectivity index (χ0v) is 12.7. The lowest BCUT2D eigenvalue weighted by Crippen LogP contribution is -2.13. The molecule has 20 heavy (non-hydrogen) atoms. The van der Waals surface area contributed by atoms with Crippen LogP contribution in [0.5, 0.6) is 0 Å². The van der Waals surface area contributed by atoms with Gasteiger partial charge < -0.3 is 5.32 Å². The van der Waals surface area contributed by atoms with Gasteiger partial charge in [0.15, 0.2) is 0 Å². The summed E-state index contributed by atoms with van der Waals surface area (Å²) in [5, 5.41) is 2.79. The van der Waals surface area contributed by atoms with Gasteiger partial charge in [0.05, 0.1) is 5.38 Å². The molecule has 1 N–H and O–H groups in total. The molecule has 0 spiro atoms. The van der Waals surface area contributed by atoms with Gasteiger partial charge in [-0.1, -0.05) is 35.4 Å². The van der Waals surface area contributed by atoms with Gasteiger partial charge in [0.2, 0.25) is 0 Å². The number of carbonyl (C=O) groups excluding carboxylic acids is 1. The van der Waals surface area contributed by atoms with Crippen molar-refractivity contribution < 1.29 is 4.79 Å². The first-order valence-electron chi connectivity index (χ1n) is 6.60. The van der Waals surface area contributed by atoms with E-state index in [1.54, 1.807) is 0 Å². The van der Waals surface area contributed by atoms with Crippen LogP contribution >= 0.6 is 11.6 Å². The molecule has 2 nitrogen and oxygen atoms in total. The van der Waals surface area contributed by atoms with Crippen LogP contribution in [0.1, 0.15) is 39.3 Å². The fraction of sp³-hybridized carbons (Fsp3) is 0.235. The molecule has 3 heteroatoms. The molecule has 0 aliphatic rings. The lowest BCUT2D eigenvalue weighted by molar-refractivity contribution is 0.102. The molecular weight excluding hydrogens is 270 g/mol. The number of nitrogens with one attached hydrogen (secondary N) is 1. The Hall–Kier alpha value is -1.80. The SMILES string of the molecule is Cc1cc(C)cc(C(=O)Nc2ccccc2C(C)Cl)c1. The summed E-state index contributed by atoms with van der Waals surface area (Å²) in [5.41, 5.74) is 4.51. The molecule has 1 amide bonds. The van der Waals surface area contributed by atoms with Crippen molar-refractivity contribution in [3.8, 4) is 0 Å². The lowest BCUT2D eigenvalue weighted by Gasteiger charge is -2.13. The minimum Gasteiger partial charge on any atom is -0.322 e. The number of para-hydroxylation sites is 1. The number of carbonyl (C=O) groups is 1. The van der Waals surface area contributed by atoms with Crippen molar-refractivity contribution >= 4 is 23.2 Å². The summed E-state index contributed by atoms with van der Waals surface area (Å²) in [4.78, 5) is 12.3. The summed E-state index contributed by atoms with van der Waals surface area (Å²) in [6.45, 7) is 5.86. The molecule has 0 aliphatic heterocycles. The van der Waals surface area contributed by atoms with E-state index in [9.17, 15) is 4.79 Å². The summed E-state index contributed by atoms with van der Waals surface area (Å²) >= 11 is 6.14. The lowest BCUT2D eigenvalue weighted by atomic mass is 10.1. The molecule has 0 fully saturated rings. The number of rotatable bonds is 3. The Labute approximate surface area is 124 Å². The highest BCUT2D eigenvalue weighted by Gasteiger charge is 2.12. The topological polar surface area (TPSA) is 29.1 Å². The minimum atomic E-state index is -0.147. The molecule has 0 aliphatic carbocycles. The third-order valence-electron chi connectivity index (χ3n) is 3.12. The van der Waals surface area contributed by atoms with E-state index in [-0.39, 0.29) is 11.3 Å². The predicted molar refractivity (Wildman–Crippen MR) is 84.6 cm³/mol. The first-order chi connectivity index (χ1) is 9.47. The van der Waals surface area contributed by atoms with Crippen LogP contribution in [0.2, 0.25) is 0 Å². The fourth-order valence-electron chi connectivity index (χ4n) is 2.26. The number of benzene rings is 2. The summed E-state index contributed by atoms with van der Waals surface area (Å²) < 4.78 is 0. The Morgan fingerprint density at radius 3 is 2.30 bits per heavy atom.